The molecule has 1 aliphatic rings. The summed E-state index contributed by atoms with van der Waals surface area (Å²) in [5.41, 5.74) is 0. The van der Waals surface area contributed by atoms with Crippen LogP contribution in [0.15, 0.2) is 12.2 Å². The van der Waals surface area contributed by atoms with Gasteiger partial charge in [-0.1, -0.05) is 0 Å². The van der Waals surface area contributed by atoms with E-state index in [1.54, 1.807) is 0 Å². The number of nitrogens with one attached hydrogen (secondary N) is 1. The first kappa shape index (κ1) is 10.1. The van der Waals surface area contributed by atoms with E-state index in [1.165, 1.54) is 0 Å². The van der Waals surface area contributed by atoms with Crippen molar-refractivity contribution >= 4 is 5.97 Å². The van der Waals surface area contributed by atoms with Crippen LogP contribution in [0.4, 0.5) is 8.78 Å². The first-order chi connectivity index (χ1) is 6.20. The fourth-order valence-corrected chi connectivity index (χ4v) is 1.16. The molecule has 1 aliphatic heterocycles. The minimum Gasteiger partial charge on any atom is -0.461 e. The Kier molecular flexibility index (Phi) is 3.82. The van der Waals surface area contributed by atoms with Crippen LogP contribution in [0.3, 0.4) is 0 Å². The van der Waals surface area contributed by atoms with Crippen LogP contribution in [-0.2, 0) is 9.53 Å². The number of carbonyl (C=O) groups excluding carboxylic acids is 1. The van der Waals surface area contributed by atoms with Crippen LogP contribution >= 0.6 is 0 Å². The van der Waals surface area contributed by atoms with E-state index >= 15 is 0 Å². The molecule has 13 heavy (non-hydrogen) atoms. The van der Waals surface area contributed by atoms with Crippen molar-refractivity contribution in [2.24, 2.45) is 5.92 Å². The zero-order valence-corrected chi connectivity index (χ0v) is 7.06. The summed E-state index contributed by atoms with van der Waals surface area (Å²) in [6.45, 7) is 1.03. The average molecular weight is 191 g/mol. The molecule has 0 radical (unpaired) electrons. The molecule has 0 bridgehead atoms. The molecule has 1 unspecified atom stereocenters. The molecule has 1 heterocycles. The predicted molar refractivity (Wildman–Crippen MR) is 42.2 cm³/mol. The van der Waals surface area contributed by atoms with Gasteiger partial charge < -0.3 is 10.1 Å². The summed E-state index contributed by atoms with van der Waals surface area (Å²) in [4.78, 5) is 11.1. The quantitative estimate of drug-likeness (QED) is 0.674. The van der Waals surface area contributed by atoms with Gasteiger partial charge in [0.05, 0.1) is 5.92 Å². The predicted octanol–water partition coefficient (Wildman–Crippen LogP) is 0.919. The summed E-state index contributed by atoms with van der Waals surface area (Å²) < 4.78 is 27.6. The maximum Gasteiger partial charge on any atom is 0.310 e. The van der Waals surface area contributed by atoms with Gasteiger partial charge in [-0.3, -0.25) is 4.79 Å². The lowest BCUT2D eigenvalue weighted by molar-refractivity contribution is -0.146. The number of hydrogen-bond donors (Lipinski definition) is 1. The van der Waals surface area contributed by atoms with Crippen molar-refractivity contribution in [3.8, 4) is 0 Å². The number of halogens is 2. The number of hydrogen-bond acceptors (Lipinski definition) is 3. The molecular formula is C8H11F2NO2. The van der Waals surface area contributed by atoms with E-state index in [1.807, 2.05) is 0 Å². The molecule has 0 aromatic carbocycles. The summed E-state index contributed by atoms with van der Waals surface area (Å²) in [5, 5.41) is 2.99. The normalized spacial score (nSPS) is 21.2. The van der Waals surface area contributed by atoms with Gasteiger partial charge >= 0.3 is 5.97 Å². The van der Waals surface area contributed by atoms with E-state index in [4.69, 9.17) is 0 Å². The molecule has 0 aromatic rings. The lowest BCUT2D eigenvalue weighted by Gasteiger charge is -2.06. The van der Waals surface area contributed by atoms with Crippen molar-refractivity contribution in [2.75, 3.05) is 19.7 Å². The number of rotatable bonds is 3. The van der Waals surface area contributed by atoms with E-state index in [-0.39, 0.29) is 12.5 Å². The van der Waals surface area contributed by atoms with Gasteiger partial charge in [0.1, 0.15) is 6.61 Å². The van der Waals surface area contributed by atoms with Gasteiger partial charge in [0.15, 0.2) is 0 Å². The third-order valence-corrected chi connectivity index (χ3v) is 1.86. The van der Waals surface area contributed by atoms with E-state index in [2.05, 4.69) is 10.1 Å². The highest BCUT2D eigenvalue weighted by Crippen LogP contribution is 2.09. The van der Waals surface area contributed by atoms with Crippen molar-refractivity contribution < 1.29 is 18.3 Å². The van der Waals surface area contributed by atoms with Crippen LogP contribution in [0.25, 0.3) is 0 Å². The fourth-order valence-electron chi connectivity index (χ4n) is 1.16. The Hall–Kier alpha value is -0.970. The van der Waals surface area contributed by atoms with Crippen LogP contribution in [0.2, 0.25) is 0 Å². The van der Waals surface area contributed by atoms with E-state index in [0.29, 0.717) is 12.6 Å². The van der Waals surface area contributed by atoms with Gasteiger partial charge in [-0.2, -0.15) is 8.78 Å². The van der Waals surface area contributed by atoms with Crippen LogP contribution in [0.5, 0.6) is 0 Å². The molecule has 1 rings (SSSR count). The number of ether oxygens (including phenoxy) is 1. The zero-order valence-electron chi connectivity index (χ0n) is 7.06. The first-order valence-corrected chi connectivity index (χ1v) is 4.08. The van der Waals surface area contributed by atoms with Crippen molar-refractivity contribution in [2.45, 2.75) is 6.42 Å². The van der Waals surface area contributed by atoms with Crippen molar-refractivity contribution in [1.82, 2.24) is 5.32 Å². The second kappa shape index (κ2) is 4.91. The molecule has 74 valence electrons. The third kappa shape index (κ3) is 3.50. The molecule has 3 nitrogen and oxygen atoms in total. The molecule has 0 amide bonds. The van der Waals surface area contributed by atoms with Gasteiger partial charge in [-0.15, -0.1) is 0 Å². The maximum atomic E-state index is 11.5. The summed E-state index contributed by atoms with van der Waals surface area (Å²) in [6.07, 6.45) is -0.515. The molecule has 0 spiro atoms. The topological polar surface area (TPSA) is 38.3 Å². The minimum absolute atomic E-state index is 0.170. The van der Waals surface area contributed by atoms with Crippen molar-refractivity contribution in [3.63, 3.8) is 0 Å². The highest BCUT2D eigenvalue weighted by Gasteiger charge is 2.23. The van der Waals surface area contributed by atoms with Crippen LogP contribution in [0.1, 0.15) is 6.42 Å². The van der Waals surface area contributed by atoms with E-state index in [9.17, 15) is 13.6 Å². The van der Waals surface area contributed by atoms with Crippen LogP contribution in [0, 0.1) is 5.92 Å². The maximum absolute atomic E-state index is 11.5. The SMILES string of the molecule is O=C(OCC=C(F)F)C1CCNC1. The molecule has 1 fully saturated rings. The molecule has 1 N–H and O–H groups in total. The Morgan fingerprint density at radius 1 is 1.62 bits per heavy atom. The molecular weight excluding hydrogens is 180 g/mol. The summed E-state index contributed by atoms with van der Waals surface area (Å²) in [7, 11) is 0. The highest BCUT2D eigenvalue weighted by atomic mass is 19.3. The fraction of sp³-hybridized carbons (Fsp3) is 0.625. The van der Waals surface area contributed by atoms with Gasteiger partial charge in [-0.05, 0) is 13.0 Å². The van der Waals surface area contributed by atoms with Gasteiger partial charge in [0.25, 0.3) is 6.08 Å². The zero-order chi connectivity index (χ0) is 9.68. The van der Waals surface area contributed by atoms with Crippen LogP contribution < -0.4 is 5.32 Å². The summed E-state index contributed by atoms with van der Waals surface area (Å²) in [5.74, 6) is -0.571. The largest absolute Gasteiger partial charge is 0.461 e. The molecule has 0 saturated carbocycles. The Bertz CT molecular complexity index is 208. The second-order valence-corrected chi connectivity index (χ2v) is 2.81. The third-order valence-electron chi connectivity index (χ3n) is 1.86. The smallest absolute Gasteiger partial charge is 0.310 e. The Morgan fingerprint density at radius 3 is 2.92 bits per heavy atom. The first-order valence-electron chi connectivity index (χ1n) is 4.08. The summed E-state index contributed by atoms with van der Waals surface area (Å²) >= 11 is 0. The average Bonchev–Trinajstić information content (AvgIpc) is 2.55. The van der Waals surface area contributed by atoms with E-state index < -0.39 is 12.0 Å². The second-order valence-electron chi connectivity index (χ2n) is 2.81. The molecule has 5 heteroatoms. The lowest BCUT2D eigenvalue weighted by Crippen LogP contribution is -2.20. The lowest BCUT2D eigenvalue weighted by atomic mass is 10.1. The monoisotopic (exact) mass is 191 g/mol. The Labute approximate surface area is 74.8 Å². The van der Waals surface area contributed by atoms with E-state index in [0.717, 1.165) is 13.0 Å². The number of carbonyl (C=O) groups is 1. The van der Waals surface area contributed by atoms with Gasteiger partial charge in [0, 0.05) is 12.6 Å². The summed E-state index contributed by atoms with van der Waals surface area (Å²) in [6, 6.07) is 0. The van der Waals surface area contributed by atoms with Gasteiger partial charge in [-0.25, -0.2) is 0 Å². The van der Waals surface area contributed by atoms with Crippen molar-refractivity contribution in [1.29, 1.82) is 0 Å². The van der Waals surface area contributed by atoms with Gasteiger partial charge in [0.2, 0.25) is 0 Å². The number of esters is 1. The molecule has 0 aromatic heterocycles. The Morgan fingerprint density at radius 2 is 2.38 bits per heavy atom. The minimum atomic E-state index is -1.82. The molecule has 1 saturated heterocycles. The van der Waals surface area contributed by atoms with Crippen LogP contribution in [-0.4, -0.2) is 25.7 Å². The van der Waals surface area contributed by atoms with Crippen molar-refractivity contribution in [3.05, 3.63) is 12.2 Å². The standard InChI is InChI=1S/C8H11F2NO2/c9-7(10)2-4-13-8(12)6-1-3-11-5-6/h2,6,11H,1,3-5H2. The molecule has 1 atom stereocenters. The molecule has 0 aliphatic carbocycles. The Balaban J connectivity index is 2.21. The highest BCUT2D eigenvalue weighted by molar-refractivity contribution is 5.73.